The Hall–Kier alpha value is -3.56. The molecule has 2 amide bonds. The van der Waals surface area contributed by atoms with E-state index in [1.807, 2.05) is 0 Å². The van der Waals surface area contributed by atoms with Gasteiger partial charge < -0.3 is 14.8 Å². The lowest BCUT2D eigenvalue weighted by Gasteiger charge is -2.10. The number of anilines is 2. The lowest BCUT2D eigenvalue weighted by atomic mass is 10.2. The number of halogens is 3. The Morgan fingerprint density at radius 3 is 2.24 bits per heavy atom. The van der Waals surface area contributed by atoms with Gasteiger partial charge in [-0.25, -0.2) is 9.59 Å². The molecule has 0 saturated carbocycles. The van der Waals surface area contributed by atoms with E-state index in [1.165, 1.54) is 30.3 Å². The standard InChI is InChI=1S/C19H17F3N2O5/c1-2-28-18(27)24-14-8-6-12(7-9-14)17(26)29-11-16(25)23-15-5-3-4-13(10-15)19(20,21)22/h3-10H,2,11H2,1H3,(H,23,25)(H,24,27). The minimum absolute atomic E-state index is 0.0738. The number of hydrogen-bond acceptors (Lipinski definition) is 5. The fraction of sp³-hybridized carbons (Fsp3) is 0.211. The highest BCUT2D eigenvalue weighted by atomic mass is 19.4. The van der Waals surface area contributed by atoms with E-state index >= 15 is 0 Å². The first kappa shape index (κ1) is 21.7. The summed E-state index contributed by atoms with van der Waals surface area (Å²) in [6, 6.07) is 9.70. The molecule has 10 heteroatoms. The number of ether oxygens (including phenoxy) is 2. The smallest absolute Gasteiger partial charge is 0.416 e. The first-order chi connectivity index (χ1) is 13.7. The molecule has 0 fully saturated rings. The summed E-state index contributed by atoms with van der Waals surface area (Å²) in [7, 11) is 0. The van der Waals surface area contributed by atoms with Gasteiger partial charge in [0.25, 0.3) is 5.91 Å². The maximum absolute atomic E-state index is 12.7. The van der Waals surface area contributed by atoms with Gasteiger partial charge in [-0.1, -0.05) is 6.07 Å². The molecule has 29 heavy (non-hydrogen) atoms. The van der Waals surface area contributed by atoms with Gasteiger partial charge in [-0.3, -0.25) is 10.1 Å². The molecular formula is C19H17F3N2O5. The number of amides is 2. The van der Waals surface area contributed by atoms with E-state index in [0.29, 0.717) is 5.69 Å². The lowest BCUT2D eigenvalue weighted by Crippen LogP contribution is -2.21. The normalized spacial score (nSPS) is 10.8. The van der Waals surface area contributed by atoms with Crippen molar-refractivity contribution in [3.63, 3.8) is 0 Å². The van der Waals surface area contributed by atoms with Crippen LogP contribution in [-0.4, -0.2) is 31.2 Å². The maximum Gasteiger partial charge on any atom is 0.416 e. The molecule has 154 valence electrons. The van der Waals surface area contributed by atoms with Crippen LogP contribution < -0.4 is 10.6 Å². The van der Waals surface area contributed by atoms with Crippen molar-refractivity contribution >= 4 is 29.3 Å². The van der Waals surface area contributed by atoms with Gasteiger partial charge in [0.15, 0.2) is 6.61 Å². The quantitative estimate of drug-likeness (QED) is 0.701. The second kappa shape index (κ2) is 9.58. The van der Waals surface area contributed by atoms with Crippen molar-refractivity contribution in [2.45, 2.75) is 13.1 Å². The predicted molar refractivity (Wildman–Crippen MR) is 97.4 cm³/mol. The van der Waals surface area contributed by atoms with Gasteiger partial charge in [0.05, 0.1) is 17.7 Å². The van der Waals surface area contributed by atoms with Gasteiger partial charge >= 0.3 is 18.2 Å². The van der Waals surface area contributed by atoms with Crippen molar-refractivity contribution < 1.29 is 37.0 Å². The van der Waals surface area contributed by atoms with Crippen molar-refractivity contribution in [1.82, 2.24) is 0 Å². The maximum atomic E-state index is 12.7. The summed E-state index contributed by atoms with van der Waals surface area (Å²) < 4.78 is 47.6. The highest BCUT2D eigenvalue weighted by molar-refractivity contribution is 5.96. The SMILES string of the molecule is CCOC(=O)Nc1ccc(C(=O)OCC(=O)Nc2cccc(C(F)(F)F)c2)cc1. The summed E-state index contributed by atoms with van der Waals surface area (Å²) in [6.07, 6.45) is -5.18. The summed E-state index contributed by atoms with van der Waals surface area (Å²) in [5.74, 6) is -1.61. The highest BCUT2D eigenvalue weighted by Gasteiger charge is 2.30. The third kappa shape index (κ3) is 6.83. The van der Waals surface area contributed by atoms with Crippen LogP contribution >= 0.6 is 0 Å². The first-order valence-corrected chi connectivity index (χ1v) is 8.37. The Balaban J connectivity index is 1.87. The summed E-state index contributed by atoms with van der Waals surface area (Å²) in [5.41, 5.74) is -0.479. The van der Waals surface area contributed by atoms with Crippen LogP contribution in [0.15, 0.2) is 48.5 Å². The topological polar surface area (TPSA) is 93.7 Å². The zero-order valence-electron chi connectivity index (χ0n) is 15.2. The molecular weight excluding hydrogens is 393 g/mol. The summed E-state index contributed by atoms with van der Waals surface area (Å²) in [5, 5.41) is 4.67. The highest BCUT2D eigenvalue weighted by Crippen LogP contribution is 2.30. The van der Waals surface area contributed by atoms with Gasteiger partial charge in [-0.2, -0.15) is 13.2 Å². The van der Waals surface area contributed by atoms with Crippen molar-refractivity contribution in [2.24, 2.45) is 0 Å². The molecule has 0 aromatic heterocycles. The number of nitrogens with one attached hydrogen (secondary N) is 2. The van der Waals surface area contributed by atoms with Crippen LogP contribution in [-0.2, 0) is 20.4 Å². The second-order valence-electron chi connectivity index (χ2n) is 5.63. The third-order valence-corrected chi connectivity index (χ3v) is 3.45. The Labute approximate surface area is 163 Å². The number of hydrogen-bond donors (Lipinski definition) is 2. The molecule has 2 rings (SSSR count). The molecule has 2 aromatic carbocycles. The van der Waals surface area contributed by atoms with Crippen molar-refractivity contribution in [3.8, 4) is 0 Å². The monoisotopic (exact) mass is 410 g/mol. The number of esters is 1. The van der Waals surface area contributed by atoms with Crippen LogP contribution in [0.5, 0.6) is 0 Å². The molecule has 0 unspecified atom stereocenters. The van der Waals surface area contributed by atoms with Crippen molar-refractivity contribution in [2.75, 3.05) is 23.8 Å². The minimum atomic E-state index is -4.54. The van der Waals surface area contributed by atoms with Crippen LogP contribution in [0.1, 0.15) is 22.8 Å². The van der Waals surface area contributed by atoms with Gasteiger partial charge in [-0.15, -0.1) is 0 Å². The fourth-order valence-corrected chi connectivity index (χ4v) is 2.16. The number of alkyl halides is 3. The molecule has 0 atom stereocenters. The van der Waals surface area contributed by atoms with Crippen LogP contribution in [0.25, 0.3) is 0 Å². The Morgan fingerprint density at radius 1 is 0.931 bits per heavy atom. The van der Waals surface area contributed by atoms with Crippen LogP contribution in [0.2, 0.25) is 0 Å². The Bertz CT molecular complexity index is 882. The predicted octanol–water partition coefficient (Wildman–Crippen LogP) is 4.07. The summed E-state index contributed by atoms with van der Waals surface area (Å²) >= 11 is 0. The van der Waals surface area contributed by atoms with Crippen LogP contribution in [0, 0.1) is 0 Å². The molecule has 0 radical (unpaired) electrons. The van der Waals surface area contributed by atoms with Crippen molar-refractivity contribution in [3.05, 3.63) is 59.7 Å². The molecule has 0 spiro atoms. The molecule has 7 nitrogen and oxygen atoms in total. The average Bonchev–Trinajstić information content (AvgIpc) is 2.66. The fourth-order valence-electron chi connectivity index (χ4n) is 2.16. The number of benzene rings is 2. The molecule has 2 N–H and O–H groups in total. The van der Waals surface area contributed by atoms with E-state index in [9.17, 15) is 27.6 Å². The lowest BCUT2D eigenvalue weighted by molar-refractivity contribution is -0.137. The van der Waals surface area contributed by atoms with E-state index in [4.69, 9.17) is 9.47 Å². The number of carbonyl (C=O) groups excluding carboxylic acids is 3. The molecule has 0 bridgehead atoms. The van der Waals surface area contributed by atoms with E-state index in [-0.39, 0.29) is 17.9 Å². The van der Waals surface area contributed by atoms with Crippen LogP contribution in [0.4, 0.5) is 29.3 Å². The van der Waals surface area contributed by atoms with Gasteiger partial charge in [-0.05, 0) is 49.4 Å². The minimum Gasteiger partial charge on any atom is -0.452 e. The van der Waals surface area contributed by atoms with Gasteiger partial charge in [0.2, 0.25) is 0 Å². The summed E-state index contributed by atoms with van der Waals surface area (Å²) in [4.78, 5) is 35.1. The zero-order valence-corrected chi connectivity index (χ0v) is 15.2. The number of rotatable bonds is 6. The van der Waals surface area contributed by atoms with Crippen molar-refractivity contribution in [1.29, 1.82) is 0 Å². The van der Waals surface area contributed by atoms with Crippen LogP contribution in [0.3, 0.4) is 0 Å². The van der Waals surface area contributed by atoms with Gasteiger partial charge in [0, 0.05) is 11.4 Å². The average molecular weight is 410 g/mol. The molecule has 0 saturated heterocycles. The van der Waals surface area contributed by atoms with E-state index in [2.05, 4.69) is 10.6 Å². The van der Waals surface area contributed by atoms with E-state index < -0.39 is 36.3 Å². The first-order valence-electron chi connectivity index (χ1n) is 8.37. The zero-order chi connectivity index (χ0) is 21.4. The Morgan fingerprint density at radius 2 is 1.62 bits per heavy atom. The van der Waals surface area contributed by atoms with E-state index in [1.54, 1.807) is 6.92 Å². The summed E-state index contributed by atoms with van der Waals surface area (Å²) in [6.45, 7) is 1.18. The molecule has 0 aliphatic carbocycles. The molecule has 0 heterocycles. The third-order valence-electron chi connectivity index (χ3n) is 3.45. The van der Waals surface area contributed by atoms with Gasteiger partial charge in [0.1, 0.15) is 0 Å². The number of carbonyl (C=O) groups is 3. The molecule has 0 aliphatic heterocycles. The van der Waals surface area contributed by atoms with E-state index in [0.717, 1.165) is 18.2 Å². The Kier molecular flexibility index (Phi) is 7.18. The largest absolute Gasteiger partial charge is 0.452 e. The second-order valence-corrected chi connectivity index (χ2v) is 5.63. The molecule has 2 aromatic rings. The molecule has 0 aliphatic rings.